The second-order valence-electron chi connectivity index (χ2n) is 2.93. The SMILES string of the molecule is C=C/C=C(\C=C)c1ccccc1.CC=O.OOPOO. The first-order valence-electron chi connectivity index (χ1n) is 5.47. The largest absolute Gasteiger partial charge is 0.304 e. The molecular formula is C14H19O5P. The van der Waals surface area contributed by atoms with Gasteiger partial charge in [0.05, 0.1) is 0 Å². The summed E-state index contributed by atoms with van der Waals surface area (Å²) in [5.74, 6) is 0. The fourth-order valence-electron chi connectivity index (χ4n) is 1.06. The van der Waals surface area contributed by atoms with E-state index in [1.807, 2.05) is 30.4 Å². The van der Waals surface area contributed by atoms with Crippen LogP contribution in [0.3, 0.4) is 0 Å². The van der Waals surface area contributed by atoms with Gasteiger partial charge >= 0.3 is 0 Å². The van der Waals surface area contributed by atoms with Gasteiger partial charge in [-0.25, -0.2) is 10.5 Å². The molecule has 1 rings (SSSR count). The third-order valence-electron chi connectivity index (χ3n) is 1.70. The molecule has 0 atom stereocenters. The van der Waals surface area contributed by atoms with E-state index in [0.717, 1.165) is 11.9 Å². The number of hydrogen-bond acceptors (Lipinski definition) is 5. The van der Waals surface area contributed by atoms with Crippen LogP contribution >= 0.6 is 9.03 Å². The van der Waals surface area contributed by atoms with Crippen LogP contribution in [0.25, 0.3) is 5.57 Å². The third-order valence-corrected chi connectivity index (χ3v) is 1.85. The van der Waals surface area contributed by atoms with Crippen LogP contribution in [-0.2, 0) is 14.1 Å². The van der Waals surface area contributed by atoms with Gasteiger partial charge in [0.2, 0.25) is 9.03 Å². The van der Waals surface area contributed by atoms with E-state index in [1.54, 1.807) is 6.08 Å². The third kappa shape index (κ3) is 12.8. The standard InChI is InChI=1S/C12H12.C2H4O.H3O4P/c1-3-8-11(4-2)12-9-6-5-7-10-12;1-2-3;1-3-5-4-2/h3-10H,1-2H2;2H,1H3;1-2,5H/b11-8+;;. The number of carbonyl (C=O) groups is 1. The second kappa shape index (κ2) is 17.4. The van der Waals surface area contributed by atoms with Gasteiger partial charge in [0.15, 0.2) is 0 Å². The Kier molecular flexibility index (Phi) is 18.0. The summed E-state index contributed by atoms with van der Waals surface area (Å²) >= 11 is 0. The second-order valence-corrected chi connectivity index (χ2v) is 3.46. The Morgan fingerprint density at radius 1 is 1.20 bits per heavy atom. The Hall–Kier alpha value is -1.62. The summed E-state index contributed by atoms with van der Waals surface area (Å²) in [7, 11) is -0.691. The molecule has 1 aromatic carbocycles. The van der Waals surface area contributed by atoms with E-state index in [-0.39, 0.29) is 0 Å². The van der Waals surface area contributed by atoms with Crippen molar-refractivity contribution in [2.24, 2.45) is 0 Å². The smallest absolute Gasteiger partial charge is 0.231 e. The van der Waals surface area contributed by atoms with Crippen LogP contribution in [0.2, 0.25) is 0 Å². The number of hydrogen-bond donors (Lipinski definition) is 2. The molecule has 0 radical (unpaired) electrons. The van der Waals surface area contributed by atoms with E-state index in [4.69, 9.17) is 15.3 Å². The molecular weight excluding hydrogens is 279 g/mol. The maximum absolute atomic E-state index is 8.81. The van der Waals surface area contributed by atoms with Crippen LogP contribution in [0.4, 0.5) is 0 Å². The molecule has 5 nitrogen and oxygen atoms in total. The Bertz CT molecular complexity index is 388. The molecule has 0 spiro atoms. The maximum atomic E-state index is 8.81. The average molecular weight is 298 g/mol. The molecule has 110 valence electrons. The van der Waals surface area contributed by atoms with Gasteiger partial charge < -0.3 is 4.79 Å². The summed E-state index contributed by atoms with van der Waals surface area (Å²) in [5.41, 5.74) is 2.28. The van der Waals surface area contributed by atoms with Gasteiger partial charge in [-0.3, -0.25) is 0 Å². The highest BCUT2D eigenvalue weighted by molar-refractivity contribution is 7.25. The van der Waals surface area contributed by atoms with Crippen molar-refractivity contribution in [2.75, 3.05) is 0 Å². The Balaban J connectivity index is 0. The van der Waals surface area contributed by atoms with Crippen LogP contribution in [0.15, 0.2) is 61.7 Å². The van der Waals surface area contributed by atoms with E-state index < -0.39 is 9.03 Å². The zero-order chi connectivity index (χ0) is 15.6. The molecule has 0 aliphatic carbocycles. The predicted octanol–water partition coefficient (Wildman–Crippen LogP) is 4.12. The zero-order valence-electron chi connectivity index (χ0n) is 11.2. The van der Waals surface area contributed by atoms with Crippen LogP contribution < -0.4 is 0 Å². The minimum Gasteiger partial charge on any atom is -0.304 e. The van der Waals surface area contributed by atoms with Gasteiger partial charge in [-0.15, -0.1) is 0 Å². The highest BCUT2D eigenvalue weighted by Crippen LogP contribution is 2.14. The lowest BCUT2D eigenvalue weighted by atomic mass is 10.1. The van der Waals surface area contributed by atoms with Crippen molar-refractivity contribution in [1.29, 1.82) is 0 Å². The van der Waals surface area contributed by atoms with Crippen molar-refractivity contribution < 1.29 is 24.7 Å². The monoisotopic (exact) mass is 298 g/mol. The molecule has 6 heteroatoms. The quantitative estimate of drug-likeness (QED) is 0.281. The van der Waals surface area contributed by atoms with Crippen LogP contribution in [0.1, 0.15) is 12.5 Å². The first-order valence-corrected chi connectivity index (χ1v) is 6.29. The summed E-state index contributed by atoms with van der Waals surface area (Å²) in [6.45, 7) is 8.83. The molecule has 0 aliphatic rings. The molecule has 0 bridgehead atoms. The Morgan fingerprint density at radius 2 is 1.70 bits per heavy atom. The summed E-state index contributed by atoms with van der Waals surface area (Å²) in [5, 5.41) is 14.6. The topological polar surface area (TPSA) is 76.0 Å². The van der Waals surface area contributed by atoms with Crippen LogP contribution in [0.5, 0.6) is 0 Å². The normalized spacial score (nSPS) is 9.25. The molecule has 0 aliphatic heterocycles. The molecule has 20 heavy (non-hydrogen) atoms. The van der Waals surface area contributed by atoms with Crippen molar-refractivity contribution in [1.82, 2.24) is 0 Å². The highest BCUT2D eigenvalue weighted by atomic mass is 31.1. The van der Waals surface area contributed by atoms with Crippen molar-refractivity contribution in [3.05, 3.63) is 67.3 Å². The molecule has 2 N–H and O–H groups in total. The fourth-order valence-corrected chi connectivity index (χ4v) is 1.09. The van der Waals surface area contributed by atoms with Crippen molar-refractivity contribution in [3.8, 4) is 0 Å². The molecule has 0 aromatic heterocycles. The van der Waals surface area contributed by atoms with E-state index in [0.29, 0.717) is 0 Å². The van der Waals surface area contributed by atoms with E-state index >= 15 is 0 Å². The molecule has 0 heterocycles. The fraction of sp³-hybridized carbons (Fsp3) is 0.0714. The van der Waals surface area contributed by atoms with Crippen LogP contribution in [-0.4, -0.2) is 16.8 Å². The molecule has 1 aromatic rings. The Labute approximate surface area is 120 Å². The summed E-state index contributed by atoms with van der Waals surface area (Å²) in [6, 6.07) is 10.1. The number of carbonyl (C=O) groups excluding carboxylic acids is 1. The summed E-state index contributed by atoms with van der Waals surface area (Å²) in [4.78, 5) is 8.81. The number of benzene rings is 1. The van der Waals surface area contributed by atoms with Gasteiger partial charge in [0.25, 0.3) is 0 Å². The van der Waals surface area contributed by atoms with Crippen molar-refractivity contribution in [2.45, 2.75) is 6.92 Å². The highest BCUT2D eigenvalue weighted by Gasteiger charge is 1.92. The number of allylic oxidation sites excluding steroid dienone is 4. The molecule has 0 saturated heterocycles. The first-order chi connectivity index (χ1) is 9.71. The van der Waals surface area contributed by atoms with Gasteiger partial charge in [0.1, 0.15) is 6.29 Å². The average Bonchev–Trinajstić information content (AvgIpc) is 2.48. The summed E-state index contributed by atoms with van der Waals surface area (Å²) in [6.07, 6.45) is 6.30. The number of rotatable bonds is 5. The van der Waals surface area contributed by atoms with Crippen molar-refractivity contribution in [3.63, 3.8) is 0 Å². The van der Waals surface area contributed by atoms with E-state index in [1.165, 1.54) is 12.5 Å². The van der Waals surface area contributed by atoms with E-state index in [9.17, 15) is 0 Å². The van der Waals surface area contributed by atoms with Gasteiger partial charge in [-0.2, -0.15) is 9.35 Å². The van der Waals surface area contributed by atoms with Crippen molar-refractivity contribution >= 4 is 20.9 Å². The Morgan fingerprint density at radius 3 is 2.00 bits per heavy atom. The minimum absolute atomic E-state index is 0.691. The van der Waals surface area contributed by atoms with Gasteiger partial charge in [0, 0.05) is 0 Å². The van der Waals surface area contributed by atoms with E-state index in [2.05, 4.69) is 34.6 Å². The maximum Gasteiger partial charge on any atom is 0.231 e. The first kappa shape index (κ1) is 20.7. The minimum atomic E-state index is -0.691. The molecule has 0 unspecified atom stereocenters. The van der Waals surface area contributed by atoms with Gasteiger partial charge in [-0.05, 0) is 18.1 Å². The zero-order valence-corrected chi connectivity index (χ0v) is 12.2. The van der Waals surface area contributed by atoms with Gasteiger partial charge in [-0.1, -0.05) is 61.7 Å². The molecule has 0 saturated carbocycles. The lowest BCUT2D eigenvalue weighted by Gasteiger charge is -1.99. The predicted molar refractivity (Wildman–Crippen MR) is 82.3 cm³/mol. The molecule has 0 fully saturated rings. The lowest BCUT2D eigenvalue weighted by molar-refractivity contribution is -0.186. The van der Waals surface area contributed by atoms with Crippen LogP contribution in [0, 0.1) is 0 Å². The molecule has 0 amide bonds. The number of aldehydes is 1. The lowest BCUT2D eigenvalue weighted by Crippen LogP contribution is -1.77. The summed E-state index contributed by atoms with van der Waals surface area (Å²) < 4.78 is 6.49.